The standard InChI is InChI=1S/C18H17ClFNO3/c1-23-5-4-21-17-8-12(14-6-15(19)9-16(20)7-14)2-3-13(17)10-24-11-18(21)22/h2-3,6-9H,4-5,10-11H2,1H3. The minimum Gasteiger partial charge on any atom is -0.383 e. The van der Waals surface area contributed by atoms with Crippen molar-refractivity contribution in [3.63, 3.8) is 0 Å². The van der Waals surface area contributed by atoms with Gasteiger partial charge in [0.1, 0.15) is 12.4 Å². The Morgan fingerprint density at radius 3 is 2.79 bits per heavy atom. The molecule has 0 saturated heterocycles. The van der Waals surface area contributed by atoms with Gasteiger partial charge in [-0.25, -0.2) is 4.39 Å². The lowest BCUT2D eigenvalue weighted by molar-refractivity contribution is -0.123. The van der Waals surface area contributed by atoms with Crippen molar-refractivity contribution >= 4 is 23.2 Å². The zero-order valence-corrected chi connectivity index (χ0v) is 14.0. The first-order valence-electron chi connectivity index (χ1n) is 7.55. The van der Waals surface area contributed by atoms with Crippen molar-refractivity contribution in [1.82, 2.24) is 0 Å². The molecule has 0 bridgehead atoms. The summed E-state index contributed by atoms with van der Waals surface area (Å²) in [6, 6.07) is 10.0. The highest BCUT2D eigenvalue weighted by molar-refractivity contribution is 6.30. The molecule has 1 aliphatic heterocycles. The molecule has 0 fully saturated rings. The Labute approximate surface area is 144 Å². The fourth-order valence-electron chi connectivity index (χ4n) is 2.73. The van der Waals surface area contributed by atoms with Gasteiger partial charge in [0.25, 0.3) is 5.91 Å². The van der Waals surface area contributed by atoms with Gasteiger partial charge in [-0.1, -0.05) is 23.7 Å². The van der Waals surface area contributed by atoms with E-state index in [4.69, 9.17) is 21.1 Å². The fraction of sp³-hybridized carbons (Fsp3) is 0.278. The third kappa shape index (κ3) is 3.59. The lowest BCUT2D eigenvalue weighted by atomic mass is 10.0. The Hall–Kier alpha value is -1.95. The van der Waals surface area contributed by atoms with Gasteiger partial charge in [0.2, 0.25) is 0 Å². The average Bonchev–Trinajstić information content (AvgIpc) is 2.70. The normalized spacial score (nSPS) is 14.5. The molecule has 4 nitrogen and oxygen atoms in total. The minimum atomic E-state index is -0.400. The number of carbonyl (C=O) groups excluding carboxylic acids is 1. The van der Waals surface area contributed by atoms with Crippen LogP contribution in [-0.2, 0) is 20.9 Å². The van der Waals surface area contributed by atoms with Crippen LogP contribution in [0, 0.1) is 5.82 Å². The summed E-state index contributed by atoms with van der Waals surface area (Å²) in [4.78, 5) is 14.0. The van der Waals surface area contributed by atoms with Crippen molar-refractivity contribution in [3.05, 3.63) is 52.8 Å². The van der Waals surface area contributed by atoms with Crippen LogP contribution >= 0.6 is 11.6 Å². The molecule has 0 atom stereocenters. The van der Waals surface area contributed by atoms with Gasteiger partial charge in [-0.15, -0.1) is 0 Å². The van der Waals surface area contributed by atoms with Gasteiger partial charge in [0.05, 0.1) is 13.2 Å². The van der Waals surface area contributed by atoms with Crippen LogP contribution in [-0.4, -0.2) is 32.8 Å². The molecule has 0 spiro atoms. The monoisotopic (exact) mass is 349 g/mol. The second-order valence-corrected chi connectivity index (χ2v) is 5.97. The third-order valence-corrected chi connectivity index (χ3v) is 4.09. The molecule has 2 aromatic rings. The van der Waals surface area contributed by atoms with E-state index >= 15 is 0 Å². The Morgan fingerprint density at radius 1 is 1.21 bits per heavy atom. The number of hydrogen-bond acceptors (Lipinski definition) is 3. The number of nitrogens with zero attached hydrogens (tertiary/aromatic N) is 1. The molecule has 1 aliphatic rings. The van der Waals surface area contributed by atoms with Crippen LogP contribution < -0.4 is 4.90 Å². The SMILES string of the molecule is COCCN1C(=O)COCc2ccc(-c3cc(F)cc(Cl)c3)cc21. The number of carbonyl (C=O) groups is 1. The first kappa shape index (κ1) is 16.9. The largest absolute Gasteiger partial charge is 0.383 e. The van der Waals surface area contributed by atoms with E-state index in [2.05, 4.69) is 0 Å². The van der Waals surface area contributed by atoms with Crippen LogP contribution in [0.1, 0.15) is 5.56 Å². The van der Waals surface area contributed by atoms with E-state index < -0.39 is 5.82 Å². The number of hydrogen-bond donors (Lipinski definition) is 0. The van der Waals surface area contributed by atoms with E-state index in [1.807, 2.05) is 18.2 Å². The number of benzene rings is 2. The number of anilines is 1. The molecule has 0 aliphatic carbocycles. The molecule has 0 unspecified atom stereocenters. The van der Waals surface area contributed by atoms with Gasteiger partial charge in [0.15, 0.2) is 0 Å². The molecular weight excluding hydrogens is 333 g/mol. The second kappa shape index (κ2) is 7.30. The van der Waals surface area contributed by atoms with Crippen LogP contribution in [0.15, 0.2) is 36.4 Å². The summed E-state index contributed by atoms with van der Waals surface area (Å²) in [6.45, 7) is 1.23. The second-order valence-electron chi connectivity index (χ2n) is 5.53. The van der Waals surface area contributed by atoms with Crippen molar-refractivity contribution < 1.29 is 18.7 Å². The van der Waals surface area contributed by atoms with Crippen LogP contribution in [0.2, 0.25) is 5.02 Å². The van der Waals surface area contributed by atoms with Gasteiger partial charge in [-0.2, -0.15) is 0 Å². The molecule has 1 heterocycles. The summed E-state index contributed by atoms with van der Waals surface area (Å²) in [7, 11) is 1.59. The van der Waals surface area contributed by atoms with Crippen LogP contribution in [0.3, 0.4) is 0 Å². The van der Waals surface area contributed by atoms with Crippen LogP contribution in [0.5, 0.6) is 0 Å². The zero-order chi connectivity index (χ0) is 17.1. The molecule has 0 aromatic heterocycles. The van der Waals surface area contributed by atoms with Gasteiger partial charge in [0, 0.05) is 29.9 Å². The third-order valence-electron chi connectivity index (χ3n) is 3.88. The Balaban J connectivity index is 2.05. The minimum absolute atomic E-state index is 0.0273. The molecule has 0 N–H and O–H groups in total. The highest BCUT2D eigenvalue weighted by atomic mass is 35.5. The number of halogens is 2. The van der Waals surface area contributed by atoms with Gasteiger partial charge in [-0.05, 0) is 35.4 Å². The first-order chi connectivity index (χ1) is 11.6. The summed E-state index contributed by atoms with van der Waals surface area (Å²) >= 11 is 5.95. The van der Waals surface area contributed by atoms with E-state index in [1.165, 1.54) is 12.1 Å². The molecule has 1 amide bonds. The highest BCUT2D eigenvalue weighted by Gasteiger charge is 2.23. The van der Waals surface area contributed by atoms with E-state index in [0.717, 1.165) is 16.8 Å². The maximum atomic E-state index is 13.6. The average molecular weight is 350 g/mol. The Kier molecular flexibility index (Phi) is 5.14. The molecule has 0 radical (unpaired) electrons. The number of rotatable bonds is 4. The van der Waals surface area contributed by atoms with E-state index in [1.54, 1.807) is 18.1 Å². The van der Waals surface area contributed by atoms with Crippen molar-refractivity contribution in [2.75, 3.05) is 31.8 Å². The quantitative estimate of drug-likeness (QED) is 0.845. The Morgan fingerprint density at radius 2 is 2.04 bits per heavy atom. The van der Waals surface area contributed by atoms with Crippen molar-refractivity contribution in [2.45, 2.75) is 6.61 Å². The lowest BCUT2D eigenvalue weighted by Gasteiger charge is -2.22. The molecule has 0 saturated carbocycles. The molecule has 126 valence electrons. The summed E-state index contributed by atoms with van der Waals surface area (Å²) in [5.74, 6) is -0.525. The number of fused-ring (bicyclic) bond motifs is 1. The molecule has 6 heteroatoms. The number of amides is 1. The lowest BCUT2D eigenvalue weighted by Crippen LogP contribution is -2.35. The Bertz CT molecular complexity index is 746. The maximum Gasteiger partial charge on any atom is 0.253 e. The number of ether oxygens (including phenoxy) is 2. The predicted molar refractivity (Wildman–Crippen MR) is 90.7 cm³/mol. The molecule has 3 rings (SSSR count). The number of methoxy groups -OCH3 is 1. The van der Waals surface area contributed by atoms with Gasteiger partial charge >= 0.3 is 0 Å². The van der Waals surface area contributed by atoms with Crippen LogP contribution in [0.4, 0.5) is 10.1 Å². The highest BCUT2D eigenvalue weighted by Crippen LogP contribution is 2.32. The smallest absolute Gasteiger partial charge is 0.253 e. The fourth-order valence-corrected chi connectivity index (χ4v) is 2.95. The van der Waals surface area contributed by atoms with E-state index in [9.17, 15) is 9.18 Å². The topological polar surface area (TPSA) is 38.8 Å². The molecular formula is C18H17ClFNO3. The van der Waals surface area contributed by atoms with Gasteiger partial charge < -0.3 is 14.4 Å². The van der Waals surface area contributed by atoms with E-state index in [0.29, 0.717) is 30.3 Å². The summed E-state index contributed by atoms with van der Waals surface area (Å²) in [6.07, 6.45) is 0. The van der Waals surface area contributed by atoms with E-state index in [-0.39, 0.29) is 12.5 Å². The van der Waals surface area contributed by atoms with Crippen molar-refractivity contribution in [3.8, 4) is 11.1 Å². The summed E-state index contributed by atoms with van der Waals surface area (Å²) in [5, 5.41) is 0.329. The molecule has 2 aromatic carbocycles. The maximum absolute atomic E-state index is 13.6. The van der Waals surface area contributed by atoms with Crippen LogP contribution in [0.25, 0.3) is 11.1 Å². The summed E-state index contributed by atoms with van der Waals surface area (Å²) < 4.78 is 24.1. The van der Waals surface area contributed by atoms with Crippen molar-refractivity contribution in [1.29, 1.82) is 0 Å². The zero-order valence-electron chi connectivity index (χ0n) is 13.2. The van der Waals surface area contributed by atoms with Crippen molar-refractivity contribution in [2.24, 2.45) is 0 Å². The predicted octanol–water partition coefficient (Wildman–Crippen LogP) is 3.66. The first-order valence-corrected chi connectivity index (χ1v) is 7.92. The molecule has 24 heavy (non-hydrogen) atoms. The van der Waals surface area contributed by atoms with Gasteiger partial charge in [-0.3, -0.25) is 4.79 Å². The summed E-state index contributed by atoms with van der Waals surface area (Å²) in [5.41, 5.74) is 3.11.